The molecule has 3 N–H and O–H groups in total. The van der Waals surface area contributed by atoms with Gasteiger partial charge < -0.3 is 19.8 Å². The number of benzene rings is 4. The van der Waals surface area contributed by atoms with Crippen LogP contribution in [-0.2, 0) is 5.79 Å². The molecule has 252 valence electrons. The van der Waals surface area contributed by atoms with E-state index in [1.54, 1.807) is 0 Å². The summed E-state index contributed by atoms with van der Waals surface area (Å²) in [7, 11) is 0. The van der Waals surface area contributed by atoms with Gasteiger partial charge in [0.2, 0.25) is 5.88 Å². The zero-order chi connectivity index (χ0) is 35.2. The first-order valence-corrected chi connectivity index (χ1v) is 17.6. The van der Waals surface area contributed by atoms with Gasteiger partial charge in [0.05, 0.1) is 22.5 Å². The van der Waals surface area contributed by atoms with Crippen LogP contribution < -0.4 is 4.74 Å². The third-order valence-electron chi connectivity index (χ3n) is 9.89. The van der Waals surface area contributed by atoms with Crippen LogP contribution in [0.4, 0.5) is 0 Å². The number of nitrogens with zero attached hydrogens (tertiary/aromatic N) is 2. The molecule has 0 radical (unpaired) electrons. The Morgan fingerprint density at radius 1 is 0.481 bits per heavy atom. The summed E-state index contributed by atoms with van der Waals surface area (Å²) >= 11 is 0. The molecule has 0 saturated heterocycles. The minimum Gasteiger partial charge on any atom is -0.438 e. The van der Waals surface area contributed by atoms with Gasteiger partial charge in [-0.15, -0.1) is 0 Å². The molecule has 0 amide bonds. The molecule has 6 heteroatoms. The summed E-state index contributed by atoms with van der Waals surface area (Å²) in [6.07, 6.45) is 4.19. The number of rotatable bonds is 5. The Morgan fingerprint density at radius 3 is 1.27 bits per heavy atom. The van der Waals surface area contributed by atoms with E-state index in [-0.39, 0.29) is 5.92 Å². The molecule has 2 aliphatic heterocycles. The molecular formula is C46H36N4O2. The molecule has 0 spiro atoms. The van der Waals surface area contributed by atoms with Crippen LogP contribution in [0, 0.1) is 5.92 Å². The Bertz CT molecular complexity index is 2630. The summed E-state index contributed by atoms with van der Waals surface area (Å²) in [6.45, 7) is 3.92. The average molecular weight is 677 g/mol. The first-order valence-electron chi connectivity index (χ1n) is 17.6. The van der Waals surface area contributed by atoms with Crippen molar-refractivity contribution < 1.29 is 9.84 Å². The minimum atomic E-state index is -1.73. The molecular weight excluding hydrogens is 641 g/mol. The molecule has 2 aliphatic rings. The standard InChI is InChI=1S/C46H36N4O2/c1-29(2)46(51)44-42(32-19-11-5-12-20-32)38-27-25-36(48-38)40(30-15-7-3-8-16-30)34-23-24-35(47-34)41(31-17-9-4-10-18-31)37-26-28-39(49-37)43(45(50-44)52-46)33-21-13-6-14-22-33/h3-29,48-49,51H,1-2H3. The van der Waals surface area contributed by atoms with Gasteiger partial charge in [0, 0.05) is 39.2 Å². The van der Waals surface area contributed by atoms with Crippen molar-refractivity contribution in [3.63, 3.8) is 0 Å². The largest absolute Gasteiger partial charge is 0.438 e. The quantitative estimate of drug-likeness (QED) is 0.169. The first kappa shape index (κ1) is 31.5. The fourth-order valence-corrected chi connectivity index (χ4v) is 7.26. The zero-order valence-corrected chi connectivity index (χ0v) is 28.8. The lowest BCUT2D eigenvalue weighted by atomic mass is 9.93. The van der Waals surface area contributed by atoms with Crippen molar-refractivity contribution in [1.29, 1.82) is 0 Å². The molecule has 0 saturated carbocycles. The monoisotopic (exact) mass is 676 g/mol. The second-order valence-electron chi connectivity index (χ2n) is 13.5. The molecule has 3 aromatic heterocycles. The van der Waals surface area contributed by atoms with Gasteiger partial charge in [-0.05, 0) is 58.7 Å². The minimum absolute atomic E-state index is 0.338. The molecule has 6 nitrogen and oxygen atoms in total. The van der Waals surface area contributed by atoms with Crippen molar-refractivity contribution in [2.75, 3.05) is 0 Å². The highest BCUT2D eigenvalue weighted by molar-refractivity contribution is 5.97. The van der Waals surface area contributed by atoms with Gasteiger partial charge in [0.1, 0.15) is 5.69 Å². The van der Waals surface area contributed by atoms with Gasteiger partial charge in [-0.2, -0.15) is 0 Å². The van der Waals surface area contributed by atoms with E-state index in [0.717, 1.165) is 78.0 Å². The van der Waals surface area contributed by atoms with Crippen LogP contribution in [0.5, 0.6) is 5.88 Å². The SMILES string of the molecule is CC(C)C1(O)Oc2nc1c(-c1ccccc1)c1ccc([nH]1)c(-c1ccccc1)c1nc(c(-c3ccccc3)c3ccc([nH]3)c2-c2ccccc2)C=C1. The molecule has 7 aromatic rings. The van der Waals surface area contributed by atoms with Gasteiger partial charge in [0.15, 0.2) is 0 Å². The Morgan fingerprint density at radius 2 is 0.846 bits per heavy atom. The van der Waals surface area contributed by atoms with Crippen LogP contribution in [0.2, 0.25) is 0 Å². The fraction of sp³-hybridized carbons (Fsp3) is 0.0870. The van der Waals surface area contributed by atoms with E-state index in [2.05, 4.69) is 70.7 Å². The van der Waals surface area contributed by atoms with Gasteiger partial charge >= 0.3 is 0 Å². The second-order valence-corrected chi connectivity index (χ2v) is 13.5. The van der Waals surface area contributed by atoms with Crippen molar-refractivity contribution in [2.45, 2.75) is 19.6 Å². The number of hydrogen-bond acceptors (Lipinski definition) is 4. The maximum atomic E-state index is 12.6. The number of aromatic amines is 2. The molecule has 5 heterocycles. The molecule has 1 unspecified atom stereocenters. The van der Waals surface area contributed by atoms with E-state index in [4.69, 9.17) is 14.7 Å². The fourth-order valence-electron chi connectivity index (χ4n) is 7.26. The van der Waals surface area contributed by atoms with E-state index >= 15 is 0 Å². The summed E-state index contributed by atoms with van der Waals surface area (Å²) in [5, 5.41) is 12.6. The van der Waals surface area contributed by atoms with E-state index in [1.165, 1.54) is 0 Å². The number of aliphatic hydroxyl groups is 1. The predicted octanol–water partition coefficient (Wildman–Crippen LogP) is 11.0. The molecule has 1 atom stereocenters. The van der Waals surface area contributed by atoms with Crippen LogP contribution in [0.3, 0.4) is 0 Å². The number of aromatic nitrogens is 4. The molecule has 0 fully saturated rings. The van der Waals surface area contributed by atoms with Gasteiger partial charge in [-0.3, -0.25) is 0 Å². The Balaban J connectivity index is 1.52. The molecule has 52 heavy (non-hydrogen) atoms. The third-order valence-corrected chi connectivity index (χ3v) is 9.89. The Labute approximate surface area is 301 Å². The van der Waals surface area contributed by atoms with Crippen molar-refractivity contribution >= 4 is 34.2 Å². The van der Waals surface area contributed by atoms with Crippen LogP contribution >= 0.6 is 0 Å². The normalized spacial score (nSPS) is 15.2. The van der Waals surface area contributed by atoms with Gasteiger partial charge in [-0.1, -0.05) is 135 Å². The maximum absolute atomic E-state index is 12.6. The summed E-state index contributed by atoms with van der Waals surface area (Å²) < 4.78 is 6.71. The molecule has 9 rings (SSSR count). The molecule has 4 aromatic carbocycles. The summed E-state index contributed by atoms with van der Waals surface area (Å²) in [5.41, 5.74) is 12.8. The number of H-pyrrole nitrogens is 2. The van der Waals surface area contributed by atoms with Crippen LogP contribution in [0.15, 0.2) is 146 Å². The second kappa shape index (κ2) is 12.7. The lowest BCUT2D eigenvalue weighted by Crippen LogP contribution is -2.36. The van der Waals surface area contributed by atoms with Gasteiger partial charge in [-0.25, -0.2) is 9.97 Å². The third kappa shape index (κ3) is 5.32. The predicted molar refractivity (Wildman–Crippen MR) is 211 cm³/mol. The first-order chi connectivity index (χ1) is 25.5. The number of nitrogens with one attached hydrogen (secondary N) is 2. The summed E-state index contributed by atoms with van der Waals surface area (Å²) in [4.78, 5) is 18.1. The van der Waals surface area contributed by atoms with E-state index in [9.17, 15) is 5.11 Å². The van der Waals surface area contributed by atoms with Crippen molar-refractivity contribution in [3.05, 3.63) is 163 Å². The highest BCUT2D eigenvalue weighted by Gasteiger charge is 2.45. The summed E-state index contributed by atoms with van der Waals surface area (Å²) in [6, 6.07) is 49.1. The number of ether oxygens (including phenoxy) is 1. The van der Waals surface area contributed by atoms with Crippen molar-refractivity contribution in [2.24, 2.45) is 5.92 Å². The van der Waals surface area contributed by atoms with E-state index in [0.29, 0.717) is 11.6 Å². The maximum Gasteiger partial charge on any atom is 0.256 e. The van der Waals surface area contributed by atoms with Crippen molar-refractivity contribution in [1.82, 2.24) is 19.9 Å². The Hall–Kier alpha value is -6.50. The van der Waals surface area contributed by atoms with Crippen LogP contribution in [0.1, 0.15) is 30.9 Å². The van der Waals surface area contributed by atoms with E-state index in [1.807, 2.05) is 111 Å². The number of hydrogen-bond donors (Lipinski definition) is 3. The number of fused-ring (bicyclic) bond motifs is 8. The average Bonchev–Trinajstić information content (AvgIpc) is 4.01. The Kier molecular flexibility index (Phi) is 7.67. The van der Waals surface area contributed by atoms with Gasteiger partial charge in [0.25, 0.3) is 5.79 Å². The van der Waals surface area contributed by atoms with E-state index < -0.39 is 5.79 Å². The molecule has 8 bridgehead atoms. The highest BCUT2D eigenvalue weighted by Crippen LogP contribution is 2.46. The lowest BCUT2D eigenvalue weighted by Gasteiger charge is -2.28. The van der Waals surface area contributed by atoms with Crippen LogP contribution in [0.25, 0.3) is 78.7 Å². The topological polar surface area (TPSA) is 86.8 Å². The highest BCUT2D eigenvalue weighted by atomic mass is 16.6. The zero-order valence-electron chi connectivity index (χ0n) is 28.8. The lowest BCUT2D eigenvalue weighted by molar-refractivity contribution is -0.169. The van der Waals surface area contributed by atoms with Crippen LogP contribution in [-0.4, -0.2) is 25.0 Å². The van der Waals surface area contributed by atoms with Crippen molar-refractivity contribution in [3.8, 4) is 50.4 Å². The smallest absolute Gasteiger partial charge is 0.256 e. The summed E-state index contributed by atoms with van der Waals surface area (Å²) in [5.74, 6) is -1.74. The molecule has 0 aliphatic carbocycles.